The molecule has 7 heteroatoms. The molecule has 0 saturated heterocycles. The predicted molar refractivity (Wildman–Crippen MR) is 137 cm³/mol. The number of carbonyl (C=O) groups is 1. The van der Waals surface area contributed by atoms with Gasteiger partial charge in [-0.15, -0.1) is 0 Å². The minimum absolute atomic E-state index is 0.110. The molecule has 180 valence electrons. The molecule has 0 saturated carbocycles. The van der Waals surface area contributed by atoms with E-state index in [2.05, 4.69) is 23.9 Å². The molecule has 0 aliphatic rings. The Bertz CT molecular complexity index is 1270. The topological polar surface area (TPSA) is 84.5 Å². The van der Waals surface area contributed by atoms with Gasteiger partial charge in [0.15, 0.2) is 0 Å². The van der Waals surface area contributed by atoms with Crippen LogP contribution in [0.15, 0.2) is 65.6 Å². The zero-order valence-electron chi connectivity index (χ0n) is 20.3. The minimum Gasteiger partial charge on any atom is -0.494 e. The molecular weight excluding hydrogens is 448 g/mol. The molecule has 0 spiro atoms. The van der Waals surface area contributed by atoms with Crippen LogP contribution in [0.25, 0.3) is 0 Å². The lowest BCUT2D eigenvalue weighted by molar-refractivity contribution is 0.102. The number of hydrogen-bond acceptors (Lipinski definition) is 4. The van der Waals surface area contributed by atoms with Gasteiger partial charge in [0.05, 0.1) is 17.2 Å². The molecule has 1 amide bonds. The highest BCUT2D eigenvalue weighted by molar-refractivity contribution is 7.92. The van der Waals surface area contributed by atoms with Crippen LogP contribution in [0.2, 0.25) is 0 Å². The van der Waals surface area contributed by atoms with Crippen molar-refractivity contribution in [2.24, 2.45) is 5.92 Å². The molecular formula is C27H32N2O4S. The van der Waals surface area contributed by atoms with E-state index in [1.165, 1.54) is 6.07 Å². The van der Waals surface area contributed by atoms with Crippen molar-refractivity contribution >= 4 is 27.3 Å². The molecule has 0 fully saturated rings. The monoisotopic (exact) mass is 480 g/mol. The van der Waals surface area contributed by atoms with Crippen molar-refractivity contribution in [1.82, 2.24) is 0 Å². The number of aryl methyl sites for hydroxylation is 3. The van der Waals surface area contributed by atoms with E-state index in [4.69, 9.17) is 4.74 Å². The van der Waals surface area contributed by atoms with Gasteiger partial charge in [-0.05, 0) is 86.7 Å². The third-order valence-electron chi connectivity index (χ3n) is 5.44. The average molecular weight is 481 g/mol. The molecule has 0 unspecified atom stereocenters. The fraction of sp³-hybridized carbons (Fsp3) is 0.296. The van der Waals surface area contributed by atoms with Gasteiger partial charge in [0.2, 0.25) is 0 Å². The quantitative estimate of drug-likeness (QED) is 0.388. The number of nitrogens with one attached hydrogen (secondary N) is 2. The highest BCUT2D eigenvalue weighted by atomic mass is 32.2. The van der Waals surface area contributed by atoms with Gasteiger partial charge in [-0.1, -0.05) is 37.6 Å². The van der Waals surface area contributed by atoms with E-state index in [9.17, 15) is 13.2 Å². The lowest BCUT2D eigenvalue weighted by Crippen LogP contribution is -2.16. The van der Waals surface area contributed by atoms with Crippen LogP contribution in [0.5, 0.6) is 5.75 Å². The normalized spacial score (nSPS) is 11.4. The first kappa shape index (κ1) is 25.3. The minimum atomic E-state index is -3.84. The van der Waals surface area contributed by atoms with Crippen molar-refractivity contribution in [2.45, 2.75) is 45.9 Å². The Balaban J connectivity index is 1.73. The predicted octanol–water partition coefficient (Wildman–Crippen LogP) is 6.09. The third kappa shape index (κ3) is 6.60. The summed E-state index contributed by atoms with van der Waals surface area (Å²) in [5, 5.41) is 2.79. The molecule has 0 bridgehead atoms. The number of benzene rings is 3. The maximum atomic E-state index is 13.1. The van der Waals surface area contributed by atoms with Crippen molar-refractivity contribution in [1.29, 1.82) is 0 Å². The molecule has 0 aliphatic carbocycles. The third-order valence-corrected chi connectivity index (χ3v) is 6.95. The summed E-state index contributed by atoms with van der Waals surface area (Å²) in [6.07, 6.45) is 0.958. The summed E-state index contributed by atoms with van der Waals surface area (Å²) in [6, 6.07) is 17.3. The summed E-state index contributed by atoms with van der Waals surface area (Å²) in [5.74, 6) is 0.936. The molecule has 0 heterocycles. The van der Waals surface area contributed by atoms with Gasteiger partial charge < -0.3 is 10.1 Å². The maximum absolute atomic E-state index is 13.1. The van der Waals surface area contributed by atoms with Gasteiger partial charge in [-0.2, -0.15) is 0 Å². The Hall–Kier alpha value is -3.32. The smallest absolute Gasteiger partial charge is 0.262 e. The number of rotatable bonds is 9. The maximum Gasteiger partial charge on any atom is 0.262 e. The van der Waals surface area contributed by atoms with Crippen LogP contribution < -0.4 is 14.8 Å². The van der Waals surface area contributed by atoms with E-state index in [0.29, 0.717) is 40.8 Å². The number of sulfonamides is 1. The summed E-state index contributed by atoms with van der Waals surface area (Å²) in [7, 11) is -3.84. The second-order valence-electron chi connectivity index (χ2n) is 8.91. The molecule has 2 N–H and O–H groups in total. The lowest BCUT2D eigenvalue weighted by atomic mass is 10.1. The van der Waals surface area contributed by atoms with E-state index >= 15 is 0 Å². The summed E-state index contributed by atoms with van der Waals surface area (Å²) in [4.78, 5) is 12.8. The highest BCUT2D eigenvalue weighted by Crippen LogP contribution is 2.25. The van der Waals surface area contributed by atoms with Crippen LogP contribution in [-0.2, 0) is 10.0 Å². The summed E-state index contributed by atoms with van der Waals surface area (Å²) >= 11 is 0. The SMILES string of the molecule is Cc1ccc(NS(=O)(=O)c2cc(NC(=O)c3ccc(OCCC(C)C)cc3)ccc2C)c(C)c1. The number of anilines is 2. The molecule has 34 heavy (non-hydrogen) atoms. The lowest BCUT2D eigenvalue weighted by Gasteiger charge is -2.14. The van der Waals surface area contributed by atoms with Gasteiger partial charge in [-0.3, -0.25) is 9.52 Å². The Labute approximate surface area is 202 Å². The summed E-state index contributed by atoms with van der Waals surface area (Å²) in [6.45, 7) is 10.4. The first-order valence-electron chi connectivity index (χ1n) is 11.3. The van der Waals surface area contributed by atoms with Gasteiger partial charge in [0, 0.05) is 11.3 Å². The molecule has 0 aliphatic heterocycles. The van der Waals surface area contributed by atoms with Gasteiger partial charge in [-0.25, -0.2) is 8.42 Å². The van der Waals surface area contributed by atoms with E-state index in [1.807, 2.05) is 26.0 Å². The molecule has 3 rings (SSSR count). The van der Waals surface area contributed by atoms with E-state index in [1.54, 1.807) is 49.4 Å². The molecule has 0 radical (unpaired) electrons. The van der Waals surface area contributed by atoms with Crippen molar-refractivity contribution in [3.63, 3.8) is 0 Å². The molecule has 0 aromatic heterocycles. The summed E-state index contributed by atoms with van der Waals surface area (Å²) in [5.41, 5.74) is 3.84. The number of hydrogen-bond donors (Lipinski definition) is 2. The Morgan fingerprint density at radius 2 is 1.62 bits per heavy atom. The van der Waals surface area contributed by atoms with Crippen LogP contribution in [0.1, 0.15) is 47.3 Å². The van der Waals surface area contributed by atoms with Crippen molar-refractivity contribution < 1.29 is 17.9 Å². The summed E-state index contributed by atoms with van der Waals surface area (Å²) < 4.78 is 34.5. The van der Waals surface area contributed by atoms with Crippen LogP contribution in [0, 0.1) is 26.7 Å². The zero-order valence-corrected chi connectivity index (χ0v) is 21.1. The fourth-order valence-electron chi connectivity index (χ4n) is 3.41. The Kier molecular flexibility index (Phi) is 7.99. The van der Waals surface area contributed by atoms with Crippen LogP contribution in [0.3, 0.4) is 0 Å². The van der Waals surface area contributed by atoms with Crippen molar-refractivity contribution in [3.8, 4) is 5.75 Å². The average Bonchev–Trinajstić information content (AvgIpc) is 2.77. The number of carbonyl (C=O) groups excluding carboxylic acids is 1. The van der Waals surface area contributed by atoms with Gasteiger partial charge in [0.25, 0.3) is 15.9 Å². The van der Waals surface area contributed by atoms with Crippen LogP contribution >= 0.6 is 0 Å². The molecule has 3 aromatic carbocycles. The molecule has 6 nitrogen and oxygen atoms in total. The number of amides is 1. The fourth-order valence-corrected chi connectivity index (χ4v) is 4.82. The second kappa shape index (κ2) is 10.7. The standard InChI is InChI=1S/C27H32N2O4S/c1-18(2)14-15-33-24-11-8-22(9-12-24)27(30)28-23-10-7-20(4)26(17-23)34(31,32)29-25-13-6-19(3)16-21(25)5/h6-13,16-18,29H,14-15H2,1-5H3,(H,28,30). The largest absolute Gasteiger partial charge is 0.494 e. The first-order chi connectivity index (χ1) is 16.0. The van der Waals surface area contributed by atoms with Crippen LogP contribution in [0.4, 0.5) is 11.4 Å². The second-order valence-corrected chi connectivity index (χ2v) is 10.6. The van der Waals surface area contributed by atoms with Crippen LogP contribution in [-0.4, -0.2) is 20.9 Å². The molecule has 0 atom stereocenters. The van der Waals surface area contributed by atoms with Gasteiger partial charge >= 0.3 is 0 Å². The Morgan fingerprint density at radius 1 is 0.912 bits per heavy atom. The van der Waals surface area contributed by atoms with Crippen molar-refractivity contribution in [3.05, 3.63) is 82.9 Å². The van der Waals surface area contributed by atoms with E-state index < -0.39 is 10.0 Å². The highest BCUT2D eigenvalue weighted by Gasteiger charge is 2.19. The zero-order chi connectivity index (χ0) is 24.9. The molecule has 3 aromatic rings. The Morgan fingerprint density at radius 3 is 2.26 bits per heavy atom. The van der Waals surface area contributed by atoms with E-state index in [0.717, 1.165) is 17.5 Å². The van der Waals surface area contributed by atoms with E-state index in [-0.39, 0.29) is 10.8 Å². The number of ether oxygens (including phenoxy) is 1. The van der Waals surface area contributed by atoms with Crippen molar-refractivity contribution in [2.75, 3.05) is 16.6 Å². The van der Waals surface area contributed by atoms with Gasteiger partial charge in [0.1, 0.15) is 5.75 Å². The first-order valence-corrected chi connectivity index (χ1v) is 12.8.